The number of nitro groups is 1. The standard InChI is InChI=1S/C12H14ClN3O3/c13-11-6-9(10(7-15-11)16(18)19)12(17)14-5-1-2-8-3-4-8/h6-8H,1-5H2,(H,14,17). The zero-order chi connectivity index (χ0) is 13.8. The summed E-state index contributed by atoms with van der Waals surface area (Å²) in [4.78, 5) is 25.7. The van der Waals surface area contributed by atoms with E-state index in [0.717, 1.165) is 25.0 Å². The van der Waals surface area contributed by atoms with Crippen molar-refractivity contribution in [2.24, 2.45) is 5.92 Å². The minimum absolute atomic E-state index is 0.0450. The van der Waals surface area contributed by atoms with E-state index in [2.05, 4.69) is 10.3 Å². The van der Waals surface area contributed by atoms with Crippen molar-refractivity contribution in [2.75, 3.05) is 6.54 Å². The van der Waals surface area contributed by atoms with Crippen molar-refractivity contribution in [3.05, 3.63) is 33.1 Å². The third-order valence-corrected chi connectivity index (χ3v) is 3.27. The largest absolute Gasteiger partial charge is 0.352 e. The van der Waals surface area contributed by atoms with Gasteiger partial charge in [-0.1, -0.05) is 24.4 Å². The lowest BCUT2D eigenvalue weighted by Crippen LogP contribution is -2.25. The molecule has 0 atom stereocenters. The summed E-state index contributed by atoms with van der Waals surface area (Å²) in [5.74, 6) is 0.327. The molecule has 0 unspecified atom stereocenters. The Bertz CT molecular complexity index is 503. The highest BCUT2D eigenvalue weighted by Crippen LogP contribution is 2.33. The van der Waals surface area contributed by atoms with E-state index in [1.807, 2.05) is 0 Å². The van der Waals surface area contributed by atoms with E-state index in [-0.39, 0.29) is 16.4 Å². The lowest BCUT2D eigenvalue weighted by atomic mass is 10.2. The molecule has 1 aliphatic rings. The van der Waals surface area contributed by atoms with Crippen LogP contribution in [0.2, 0.25) is 5.15 Å². The number of carbonyl (C=O) groups excluding carboxylic acids is 1. The summed E-state index contributed by atoms with van der Waals surface area (Å²) in [7, 11) is 0. The topological polar surface area (TPSA) is 85.1 Å². The molecule has 1 aromatic heterocycles. The van der Waals surface area contributed by atoms with Gasteiger partial charge in [-0.05, 0) is 24.8 Å². The fourth-order valence-corrected chi connectivity index (χ4v) is 2.00. The van der Waals surface area contributed by atoms with Crippen LogP contribution >= 0.6 is 11.6 Å². The first kappa shape index (κ1) is 13.7. The zero-order valence-electron chi connectivity index (χ0n) is 10.3. The smallest absolute Gasteiger partial charge is 0.300 e. The Hall–Kier alpha value is -1.69. The van der Waals surface area contributed by atoms with Crippen molar-refractivity contribution >= 4 is 23.2 Å². The second-order valence-electron chi connectivity index (χ2n) is 4.62. The Morgan fingerprint density at radius 2 is 2.32 bits per heavy atom. The molecule has 0 spiro atoms. The highest BCUT2D eigenvalue weighted by Gasteiger charge is 2.22. The summed E-state index contributed by atoms with van der Waals surface area (Å²) in [6.45, 7) is 0.520. The summed E-state index contributed by atoms with van der Waals surface area (Å²) in [5, 5.41) is 13.5. The van der Waals surface area contributed by atoms with E-state index < -0.39 is 10.8 Å². The molecule has 2 rings (SSSR count). The maximum absolute atomic E-state index is 11.9. The minimum Gasteiger partial charge on any atom is -0.352 e. The molecule has 0 bridgehead atoms. The fourth-order valence-electron chi connectivity index (χ4n) is 1.84. The molecule has 102 valence electrons. The Morgan fingerprint density at radius 3 is 2.95 bits per heavy atom. The molecule has 0 aromatic carbocycles. The summed E-state index contributed by atoms with van der Waals surface area (Å²) in [6.07, 6.45) is 5.54. The summed E-state index contributed by atoms with van der Waals surface area (Å²) < 4.78 is 0. The summed E-state index contributed by atoms with van der Waals surface area (Å²) >= 11 is 5.66. The van der Waals surface area contributed by atoms with Crippen LogP contribution in [0.1, 0.15) is 36.0 Å². The SMILES string of the molecule is O=C(NCCCC1CC1)c1cc(Cl)ncc1[N+](=O)[O-]. The predicted molar refractivity (Wildman–Crippen MR) is 70.2 cm³/mol. The molecule has 0 aliphatic heterocycles. The molecule has 1 N–H and O–H groups in total. The van der Waals surface area contributed by atoms with Gasteiger partial charge in [0.25, 0.3) is 11.6 Å². The number of hydrogen-bond donors (Lipinski definition) is 1. The van der Waals surface area contributed by atoms with Crippen molar-refractivity contribution < 1.29 is 9.72 Å². The van der Waals surface area contributed by atoms with E-state index in [0.29, 0.717) is 6.54 Å². The van der Waals surface area contributed by atoms with E-state index in [1.54, 1.807) is 0 Å². The van der Waals surface area contributed by atoms with Gasteiger partial charge in [-0.2, -0.15) is 0 Å². The van der Waals surface area contributed by atoms with Crippen LogP contribution in [0.3, 0.4) is 0 Å². The predicted octanol–water partition coefficient (Wildman–Crippen LogP) is 2.56. The van der Waals surface area contributed by atoms with Crippen LogP contribution in [0.25, 0.3) is 0 Å². The quantitative estimate of drug-likeness (QED) is 0.376. The molecule has 19 heavy (non-hydrogen) atoms. The number of nitrogens with one attached hydrogen (secondary N) is 1. The Balaban J connectivity index is 1.96. The number of hydrogen-bond acceptors (Lipinski definition) is 4. The van der Waals surface area contributed by atoms with Gasteiger partial charge in [0.2, 0.25) is 0 Å². The second-order valence-corrected chi connectivity index (χ2v) is 5.01. The molecule has 0 saturated heterocycles. The monoisotopic (exact) mass is 283 g/mol. The minimum atomic E-state index is -0.636. The summed E-state index contributed by atoms with van der Waals surface area (Å²) in [6, 6.07) is 1.22. The highest BCUT2D eigenvalue weighted by molar-refractivity contribution is 6.29. The van der Waals surface area contributed by atoms with E-state index in [1.165, 1.54) is 18.9 Å². The first-order valence-corrected chi connectivity index (χ1v) is 6.54. The Morgan fingerprint density at radius 1 is 1.58 bits per heavy atom. The van der Waals surface area contributed by atoms with Crippen molar-refractivity contribution in [3.8, 4) is 0 Å². The number of amides is 1. The average molecular weight is 284 g/mol. The highest BCUT2D eigenvalue weighted by atomic mass is 35.5. The lowest BCUT2D eigenvalue weighted by molar-refractivity contribution is -0.385. The van der Waals surface area contributed by atoms with Crippen LogP contribution in [0, 0.1) is 16.0 Å². The van der Waals surface area contributed by atoms with Gasteiger partial charge in [0, 0.05) is 6.54 Å². The number of aromatic nitrogens is 1. The van der Waals surface area contributed by atoms with Gasteiger partial charge in [-0.15, -0.1) is 0 Å². The van der Waals surface area contributed by atoms with Crippen molar-refractivity contribution in [2.45, 2.75) is 25.7 Å². The summed E-state index contributed by atoms with van der Waals surface area (Å²) in [5.41, 5.74) is -0.375. The first-order chi connectivity index (χ1) is 9.08. The molecule has 6 nitrogen and oxygen atoms in total. The number of pyridine rings is 1. The lowest BCUT2D eigenvalue weighted by Gasteiger charge is -2.05. The van der Waals surface area contributed by atoms with Gasteiger partial charge in [-0.25, -0.2) is 4.98 Å². The molecular weight excluding hydrogens is 270 g/mol. The van der Waals surface area contributed by atoms with Gasteiger partial charge in [0.15, 0.2) is 0 Å². The van der Waals surface area contributed by atoms with E-state index in [9.17, 15) is 14.9 Å². The van der Waals surface area contributed by atoms with Gasteiger partial charge in [-0.3, -0.25) is 14.9 Å². The Labute approximate surface area is 115 Å². The molecule has 1 aromatic rings. The van der Waals surface area contributed by atoms with Crippen LogP contribution in [0.15, 0.2) is 12.3 Å². The number of halogens is 1. The normalized spacial score (nSPS) is 14.2. The van der Waals surface area contributed by atoms with Crippen LogP contribution in [-0.4, -0.2) is 22.4 Å². The van der Waals surface area contributed by atoms with Crippen molar-refractivity contribution in [3.63, 3.8) is 0 Å². The van der Waals surface area contributed by atoms with E-state index >= 15 is 0 Å². The number of carbonyl (C=O) groups is 1. The fraction of sp³-hybridized carbons (Fsp3) is 0.500. The number of nitrogens with zero attached hydrogens (tertiary/aromatic N) is 2. The molecule has 1 saturated carbocycles. The van der Waals surface area contributed by atoms with Gasteiger partial charge >= 0.3 is 0 Å². The van der Waals surface area contributed by atoms with Crippen molar-refractivity contribution in [1.29, 1.82) is 0 Å². The molecule has 1 amide bonds. The van der Waals surface area contributed by atoms with E-state index in [4.69, 9.17) is 11.6 Å². The van der Waals surface area contributed by atoms with Crippen LogP contribution in [0.4, 0.5) is 5.69 Å². The second kappa shape index (κ2) is 5.97. The van der Waals surface area contributed by atoms with Crippen LogP contribution in [-0.2, 0) is 0 Å². The van der Waals surface area contributed by atoms with Crippen LogP contribution in [0.5, 0.6) is 0 Å². The third-order valence-electron chi connectivity index (χ3n) is 3.06. The first-order valence-electron chi connectivity index (χ1n) is 6.16. The zero-order valence-corrected chi connectivity index (χ0v) is 11.0. The molecule has 1 heterocycles. The molecule has 0 radical (unpaired) electrons. The Kier molecular flexibility index (Phi) is 4.31. The third kappa shape index (κ3) is 3.89. The van der Waals surface area contributed by atoms with Gasteiger partial charge in [0.05, 0.1) is 4.92 Å². The average Bonchev–Trinajstić information content (AvgIpc) is 3.18. The van der Waals surface area contributed by atoms with Gasteiger partial charge < -0.3 is 5.32 Å². The molecule has 1 aliphatic carbocycles. The molecule has 1 fully saturated rings. The molecule has 7 heteroatoms. The maximum Gasteiger partial charge on any atom is 0.300 e. The van der Waals surface area contributed by atoms with Crippen molar-refractivity contribution in [1.82, 2.24) is 10.3 Å². The maximum atomic E-state index is 11.9. The van der Waals surface area contributed by atoms with Crippen LogP contribution < -0.4 is 5.32 Å². The van der Waals surface area contributed by atoms with Gasteiger partial charge in [0.1, 0.15) is 16.9 Å². The number of rotatable bonds is 6. The molecular formula is C12H14ClN3O3.